The van der Waals surface area contributed by atoms with Crippen molar-refractivity contribution in [3.05, 3.63) is 76.1 Å². The van der Waals surface area contributed by atoms with Gasteiger partial charge in [0.1, 0.15) is 0 Å². The summed E-state index contributed by atoms with van der Waals surface area (Å²) in [6, 6.07) is 15.3. The fourth-order valence-electron chi connectivity index (χ4n) is 2.52. The van der Waals surface area contributed by atoms with E-state index in [1.165, 1.54) is 22.3 Å². The molecule has 4 bridgehead atoms. The Bertz CT molecular complexity index is 602. The first-order valence-electron chi connectivity index (χ1n) is 6.42. The lowest BCUT2D eigenvalue weighted by Gasteiger charge is -2.11. The van der Waals surface area contributed by atoms with Crippen LogP contribution < -0.4 is 0 Å². The fourth-order valence-corrected chi connectivity index (χ4v) is 2.52. The number of aryl methyl sites for hydroxylation is 4. The van der Waals surface area contributed by atoms with E-state index in [0.29, 0.717) is 0 Å². The second kappa shape index (κ2) is 4.66. The van der Waals surface area contributed by atoms with Gasteiger partial charge in [-0.15, -0.1) is 0 Å². The number of rotatable bonds is 0. The van der Waals surface area contributed by atoms with Gasteiger partial charge in [-0.1, -0.05) is 48.0 Å². The van der Waals surface area contributed by atoms with Crippen LogP contribution in [0.2, 0.25) is 0 Å². The summed E-state index contributed by atoms with van der Waals surface area (Å²) in [7, 11) is 0. The van der Waals surface area contributed by atoms with Gasteiger partial charge in [-0.2, -0.15) is 0 Å². The molecule has 0 unspecified atom stereocenters. The van der Waals surface area contributed by atoms with Gasteiger partial charge in [0.2, 0.25) is 0 Å². The molecule has 18 heavy (non-hydrogen) atoms. The zero-order valence-corrected chi connectivity index (χ0v) is 10.3. The van der Waals surface area contributed by atoms with Crippen LogP contribution in [0.1, 0.15) is 22.3 Å². The van der Waals surface area contributed by atoms with E-state index in [4.69, 9.17) is 6.57 Å². The van der Waals surface area contributed by atoms with E-state index in [0.717, 1.165) is 31.4 Å². The Morgan fingerprint density at radius 1 is 0.722 bits per heavy atom. The highest BCUT2D eigenvalue weighted by Crippen LogP contribution is 2.24. The summed E-state index contributed by atoms with van der Waals surface area (Å²) < 4.78 is 0. The van der Waals surface area contributed by atoms with Crippen LogP contribution in [-0.2, 0) is 25.7 Å². The zero-order valence-electron chi connectivity index (χ0n) is 10.3. The SMILES string of the molecule is [C-]#[N+]c1cc2ccc1CCc1ccc(cc1)CC2. The van der Waals surface area contributed by atoms with E-state index in [9.17, 15) is 0 Å². The molecular weight excluding hydrogens is 218 g/mol. The lowest BCUT2D eigenvalue weighted by Crippen LogP contribution is -1.97. The van der Waals surface area contributed by atoms with Gasteiger partial charge >= 0.3 is 0 Å². The smallest absolute Gasteiger partial charge is 0.190 e. The lowest BCUT2D eigenvalue weighted by atomic mass is 9.96. The number of hydrogen-bond donors (Lipinski definition) is 0. The van der Waals surface area contributed by atoms with Gasteiger partial charge < -0.3 is 0 Å². The lowest BCUT2D eigenvalue weighted by molar-refractivity contribution is 0.925. The third-order valence-corrected chi connectivity index (χ3v) is 3.68. The highest BCUT2D eigenvalue weighted by molar-refractivity contribution is 5.54. The van der Waals surface area contributed by atoms with Gasteiger partial charge in [0.05, 0.1) is 6.57 Å². The summed E-state index contributed by atoms with van der Waals surface area (Å²) in [6.45, 7) is 7.30. The Labute approximate surface area is 108 Å². The fraction of sp³-hybridized carbons (Fsp3) is 0.235. The quantitative estimate of drug-likeness (QED) is 0.603. The van der Waals surface area contributed by atoms with Gasteiger partial charge in [0.25, 0.3) is 0 Å². The molecule has 1 nitrogen and oxygen atoms in total. The minimum Gasteiger partial charge on any atom is -0.238 e. The van der Waals surface area contributed by atoms with E-state index >= 15 is 0 Å². The van der Waals surface area contributed by atoms with Crippen LogP contribution in [-0.4, -0.2) is 0 Å². The van der Waals surface area contributed by atoms with Crippen molar-refractivity contribution in [2.45, 2.75) is 25.7 Å². The first kappa shape index (κ1) is 11.0. The summed E-state index contributed by atoms with van der Waals surface area (Å²) in [4.78, 5) is 3.67. The van der Waals surface area contributed by atoms with Crippen molar-refractivity contribution in [1.29, 1.82) is 0 Å². The molecule has 0 heterocycles. The van der Waals surface area contributed by atoms with Crippen molar-refractivity contribution >= 4 is 5.69 Å². The van der Waals surface area contributed by atoms with E-state index in [1.807, 2.05) is 0 Å². The van der Waals surface area contributed by atoms with E-state index < -0.39 is 0 Å². The molecule has 0 spiro atoms. The first-order chi connectivity index (χ1) is 8.85. The van der Waals surface area contributed by atoms with Gasteiger partial charge in [-0.3, -0.25) is 0 Å². The van der Waals surface area contributed by atoms with Crippen molar-refractivity contribution in [1.82, 2.24) is 0 Å². The zero-order chi connectivity index (χ0) is 12.4. The first-order valence-corrected chi connectivity index (χ1v) is 6.42. The molecular formula is C17H15N. The molecule has 0 radical (unpaired) electrons. The van der Waals surface area contributed by atoms with Crippen molar-refractivity contribution in [2.75, 3.05) is 0 Å². The predicted molar refractivity (Wildman–Crippen MR) is 74.0 cm³/mol. The van der Waals surface area contributed by atoms with E-state index in [-0.39, 0.29) is 0 Å². The molecule has 0 aromatic heterocycles. The average molecular weight is 233 g/mol. The van der Waals surface area contributed by atoms with Crippen LogP contribution in [0.25, 0.3) is 4.85 Å². The minimum atomic E-state index is 0.836. The molecule has 0 amide bonds. The van der Waals surface area contributed by atoms with Crippen LogP contribution in [0.4, 0.5) is 5.69 Å². The predicted octanol–water partition coefficient (Wildman–Crippen LogP) is 4.12. The largest absolute Gasteiger partial charge is 0.238 e. The second-order valence-corrected chi connectivity index (χ2v) is 4.89. The second-order valence-electron chi connectivity index (χ2n) is 4.89. The van der Waals surface area contributed by atoms with Gasteiger partial charge in [0.15, 0.2) is 5.69 Å². The minimum absolute atomic E-state index is 0.836. The maximum Gasteiger partial charge on any atom is 0.190 e. The molecule has 6 rings (SSSR count). The van der Waals surface area contributed by atoms with Crippen LogP contribution in [0.15, 0.2) is 42.5 Å². The topological polar surface area (TPSA) is 4.36 Å². The van der Waals surface area contributed by atoms with Gasteiger partial charge in [0, 0.05) is 0 Å². The van der Waals surface area contributed by atoms with E-state index in [1.54, 1.807) is 0 Å². The molecule has 0 saturated heterocycles. The van der Waals surface area contributed by atoms with Crippen LogP contribution in [0.5, 0.6) is 0 Å². The highest BCUT2D eigenvalue weighted by atomic mass is 14.6. The molecule has 0 fully saturated rings. The molecule has 88 valence electrons. The Balaban J connectivity index is 2.03. The summed E-state index contributed by atoms with van der Waals surface area (Å²) in [6.07, 6.45) is 4.04. The molecule has 0 saturated carbocycles. The normalized spacial score (nSPS) is 13.7. The summed E-state index contributed by atoms with van der Waals surface area (Å²) in [5.41, 5.74) is 6.03. The van der Waals surface area contributed by atoms with Crippen LogP contribution >= 0.6 is 0 Å². The van der Waals surface area contributed by atoms with Gasteiger partial charge in [-0.05, 0) is 42.4 Å². The third-order valence-electron chi connectivity index (χ3n) is 3.68. The number of hydrogen-bond acceptors (Lipinski definition) is 0. The van der Waals surface area contributed by atoms with Crippen molar-refractivity contribution in [2.24, 2.45) is 0 Å². The third kappa shape index (κ3) is 2.15. The molecule has 4 aliphatic carbocycles. The van der Waals surface area contributed by atoms with Crippen LogP contribution in [0.3, 0.4) is 0 Å². The molecule has 0 aliphatic heterocycles. The summed E-state index contributed by atoms with van der Waals surface area (Å²) in [5.74, 6) is 0. The Morgan fingerprint density at radius 2 is 1.28 bits per heavy atom. The number of benzene rings is 2. The summed E-state index contributed by atoms with van der Waals surface area (Å²) >= 11 is 0. The highest BCUT2D eigenvalue weighted by Gasteiger charge is 2.07. The maximum atomic E-state index is 7.30. The molecule has 1 heteroatoms. The summed E-state index contributed by atoms with van der Waals surface area (Å²) in [5, 5.41) is 0. The molecule has 2 aromatic carbocycles. The molecule has 0 N–H and O–H groups in total. The monoisotopic (exact) mass is 233 g/mol. The molecule has 0 atom stereocenters. The van der Waals surface area contributed by atoms with Crippen molar-refractivity contribution < 1.29 is 0 Å². The van der Waals surface area contributed by atoms with Crippen molar-refractivity contribution in [3.8, 4) is 0 Å². The molecule has 2 aromatic rings. The van der Waals surface area contributed by atoms with E-state index in [2.05, 4.69) is 47.3 Å². The average Bonchev–Trinajstić information content (AvgIpc) is 2.41. The number of nitrogens with zero attached hydrogens (tertiary/aromatic N) is 1. The van der Waals surface area contributed by atoms with Crippen LogP contribution in [0, 0.1) is 6.57 Å². The maximum absolute atomic E-state index is 7.30. The Hall–Kier alpha value is -2.07. The molecule has 4 aliphatic rings. The van der Waals surface area contributed by atoms with Crippen molar-refractivity contribution in [3.63, 3.8) is 0 Å². The Morgan fingerprint density at radius 3 is 1.94 bits per heavy atom. The Kier molecular flexibility index (Phi) is 2.86. The van der Waals surface area contributed by atoms with Gasteiger partial charge in [-0.25, -0.2) is 4.85 Å². The standard InChI is InChI=1S/C17H15N/c1-18-17-12-15-7-6-13-2-4-14(5-3-13)8-10-16(17)11-9-15/h2-5,9,11-12H,6-8,10H2.